The van der Waals surface area contributed by atoms with Gasteiger partial charge in [0.25, 0.3) is 0 Å². The summed E-state index contributed by atoms with van der Waals surface area (Å²) in [7, 11) is 2.16. The Hall–Kier alpha value is -1.35. The van der Waals surface area contributed by atoms with E-state index < -0.39 is 5.97 Å². The number of carboxylic acid groups (broad SMARTS) is 1. The monoisotopic (exact) mass is 275 g/mol. The second-order valence-corrected chi connectivity index (χ2v) is 6.62. The molecule has 0 aromatic heterocycles. The molecule has 1 saturated heterocycles. The normalized spacial score (nSPS) is 18.1. The first-order valence-corrected chi connectivity index (χ1v) is 7.40. The Labute approximate surface area is 121 Å². The molecule has 0 atom stereocenters. The van der Waals surface area contributed by atoms with E-state index in [1.807, 2.05) is 19.9 Å². The van der Waals surface area contributed by atoms with Gasteiger partial charge in [-0.05, 0) is 50.0 Å². The van der Waals surface area contributed by atoms with Crippen molar-refractivity contribution in [1.82, 2.24) is 4.90 Å². The Morgan fingerprint density at radius 3 is 2.50 bits per heavy atom. The van der Waals surface area contributed by atoms with Gasteiger partial charge in [0.1, 0.15) is 0 Å². The molecule has 0 amide bonds. The van der Waals surface area contributed by atoms with Gasteiger partial charge in [-0.1, -0.05) is 38.1 Å². The van der Waals surface area contributed by atoms with E-state index >= 15 is 0 Å². The van der Waals surface area contributed by atoms with Crippen molar-refractivity contribution in [3.05, 3.63) is 35.4 Å². The van der Waals surface area contributed by atoms with Gasteiger partial charge in [0, 0.05) is 5.41 Å². The van der Waals surface area contributed by atoms with Crippen LogP contribution < -0.4 is 0 Å². The molecule has 1 aliphatic rings. The van der Waals surface area contributed by atoms with Gasteiger partial charge in [0.15, 0.2) is 0 Å². The van der Waals surface area contributed by atoms with E-state index in [-0.39, 0.29) is 11.8 Å². The molecule has 0 radical (unpaired) electrons. The smallest absolute Gasteiger partial charge is 0.304 e. The fraction of sp³-hybridized carbons (Fsp3) is 0.588. The van der Waals surface area contributed by atoms with Gasteiger partial charge in [-0.25, -0.2) is 0 Å². The molecule has 0 spiro atoms. The predicted octanol–water partition coefficient (Wildman–Crippen LogP) is 3.25. The van der Waals surface area contributed by atoms with Crippen LogP contribution in [0.3, 0.4) is 0 Å². The second kappa shape index (κ2) is 5.96. The number of hydrogen-bond acceptors (Lipinski definition) is 2. The maximum atomic E-state index is 11.1. The number of carboxylic acids is 1. The topological polar surface area (TPSA) is 40.5 Å². The SMILES string of the molecule is CN1CCC(c2ccccc2C(C)(C)CC(=O)O)CC1. The van der Waals surface area contributed by atoms with Crippen molar-refractivity contribution in [3.63, 3.8) is 0 Å². The molecule has 0 aliphatic carbocycles. The quantitative estimate of drug-likeness (QED) is 0.917. The van der Waals surface area contributed by atoms with E-state index in [2.05, 4.69) is 30.1 Å². The van der Waals surface area contributed by atoms with Crippen molar-refractivity contribution in [2.75, 3.05) is 20.1 Å². The lowest BCUT2D eigenvalue weighted by molar-refractivity contribution is -0.138. The van der Waals surface area contributed by atoms with Gasteiger partial charge in [-0.2, -0.15) is 0 Å². The summed E-state index contributed by atoms with van der Waals surface area (Å²) in [6, 6.07) is 8.40. The summed E-state index contributed by atoms with van der Waals surface area (Å²) in [5, 5.41) is 9.14. The molecule has 0 bridgehead atoms. The average Bonchev–Trinajstić information content (AvgIpc) is 2.38. The molecule has 1 N–H and O–H groups in total. The zero-order chi connectivity index (χ0) is 14.8. The number of carbonyl (C=O) groups is 1. The van der Waals surface area contributed by atoms with Gasteiger partial charge in [-0.15, -0.1) is 0 Å². The number of rotatable bonds is 4. The molecule has 1 aromatic rings. The standard InChI is InChI=1S/C17H25NO2/c1-17(2,12-16(19)20)15-7-5-4-6-14(15)13-8-10-18(3)11-9-13/h4-7,13H,8-12H2,1-3H3,(H,19,20). The summed E-state index contributed by atoms with van der Waals surface area (Å²) in [6.45, 7) is 6.32. The van der Waals surface area contributed by atoms with Crippen LogP contribution in [0.25, 0.3) is 0 Å². The Morgan fingerprint density at radius 2 is 1.90 bits per heavy atom. The first-order chi connectivity index (χ1) is 9.40. The molecule has 1 fully saturated rings. The number of hydrogen-bond donors (Lipinski definition) is 1. The van der Waals surface area contributed by atoms with Crippen molar-refractivity contribution in [1.29, 1.82) is 0 Å². The lowest BCUT2D eigenvalue weighted by Crippen LogP contribution is -2.31. The Kier molecular flexibility index (Phi) is 4.48. The van der Waals surface area contributed by atoms with Crippen molar-refractivity contribution in [3.8, 4) is 0 Å². The maximum Gasteiger partial charge on any atom is 0.304 e. The summed E-state index contributed by atoms with van der Waals surface area (Å²) in [6.07, 6.45) is 2.50. The zero-order valence-corrected chi connectivity index (χ0v) is 12.7. The van der Waals surface area contributed by atoms with Crippen molar-refractivity contribution >= 4 is 5.97 Å². The van der Waals surface area contributed by atoms with Gasteiger partial charge >= 0.3 is 5.97 Å². The van der Waals surface area contributed by atoms with Crippen LogP contribution in [0.2, 0.25) is 0 Å². The zero-order valence-electron chi connectivity index (χ0n) is 12.7. The molecule has 20 heavy (non-hydrogen) atoms. The van der Waals surface area contributed by atoms with Crippen LogP contribution in [0.4, 0.5) is 0 Å². The van der Waals surface area contributed by atoms with E-state index in [4.69, 9.17) is 5.11 Å². The molecule has 2 rings (SSSR count). The van der Waals surface area contributed by atoms with Gasteiger partial charge in [-0.3, -0.25) is 4.79 Å². The van der Waals surface area contributed by atoms with Crippen LogP contribution in [0.5, 0.6) is 0 Å². The van der Waals surface area contributed by atoms with Crippen LogP contribution in [0.15, 0.2) is 24.3 Å². The second-order valence-electron chi connectivity index (χ2n) is 6.62. The summed E-state index contributed by atoms with van der Waals surface area (Å²) in [4.78, 5) is 13.5. The third-order valence-electron chi connectivity index (χ3n) is 4.44. The van der Waals surface area contributed by atoms with Crippen molar-refractivity contribution < 1.29 is 9.90 Å². The molecule has 1 aromatic carbocycles. The Bertz CT molecular complexity index is 474. The molecule has 1 aliphatic heterocycles. The molecule has 3 heteroatoms. The van der Waals surface area contributed by atoms with E-state index in [1.165, 1.54) is 11.1 Å². The van der Waals surface area contributed by atoms with Crippen LogP contribution in [0.1, 0.15) is 50.2 Å². The minimum absolute atomic E-state index is 0.177. The first kappa shape index (κ1) is 15.0. The Balaban J connectivity index is 2.28. The molecule has 3 nitrogen and oxygen atoms in total. The van der Waals surface area contributed by atoms with Crippen LogP contribution in [-0.2, 0) is 10.2 Å². The molecular formula is C17H25NO2. The van der Waals surface area contributed by atoms with Crippen molar-refractivity contribution in [2.24, 2.45) is 0 Å². The fourth-order valence-corrected chi connectivity index (χ4v) is 3.26. The predicted molar refractivity (Wildman–Crippen MR) is 81.2 cm³/mol. The third kappa shape index (κ3) is 3.40. The molecule has 0 saturated carbocycles. The molecule has 110 valence electrons. The fourth-order valence-electron chi connectivity index (χ4n) is 3.26. The Morgan fingerprint density at radius 1 is 1.30 bits per heavy atom. The third-order valence-corrected chi connectivity index (χ3v) is 4.44. The van der Waals surface area contributed by atoms with E-state index in [9.17, 15) is 4.79 Å². The van der Waals surface area contributed by atoms with E-state index in [0.29, 0.717) is 5.92 Å². The van der Waals surface area contributed by atoms with Crippen LogP contribution in [0, 0.1) is 0 Å². The highest BCUT2D eigenvalue weighted by Gasteiger charge is 2.29. The summed E-state index contributed by atoms with van der Waals surface area (Å²) in [5.74, 6) is -0.163. The largest absolute Gasteiger partial charge is 0.481 e. The van der Waals surface area contributed by atoms with Gasteiger partial charge in [0.2, 0.25) is 0 Å². The summed E-state index contributed by atoms with van der Waals surface area (Å²) in [5.41, 5.74) is 2.25. The highest BCUT2D eigenvalue weighted by Crippen LogP contribution is 2.37. The highest BCUT2D eigenvalue weighted by atomic mass is 16.4. The van der Waals surface area contributed by atoms with Crippen LogP contribution in [-0.4, -0.2) is 36.1 Å². The number of likely N-dealkylation sites (tertiary alicyclic amines) is 1. The number of nitrogens with zero attached hydrogens (tertiary/aromatic N) is 1. The van der Waals surface area contributed by atoms with Gasteiger partial charge in [0.05, 0.1) is 6.42 Å². The lowest BCUT2D eigenvalue weighted by Gasteiger charge is -2.34. The van der Waals surface area contributed by atoms with Gasteiger partial charge < -0.3 is 10.0 Å². The number of piperidine rings is 1. The van der Waals surface area contributed by atoms with Crippen molar-refractivity contribution in [2.45, 2.75) is 44.4 Å². The summed E-state index contributed by atoms with van der Waals surface area (Å²) >= 11 is 0. The lowest BCUT2D eigenvalue weighted by atomic mass is 9.75. The van der Waals surface area contributed by atoms with Crippen LogP contribution >= 0.6 is 0 Å². The number of benzene rings is 1. The van der Waals surface area contributed by atoms with E-state index in [0.717, 1.165) is 25.9 Å². The average molecular weight is 275 g/mol. The minimum Gasteiger partial charge on any atom is -0.481 e. The highest BCUT2D eigenvalue weighted by molar-refractivity contribution is 5.69. The maximum absolute atomic E-state index is 11.1. The van der Waals surface area contributed by atoms with E-state index in [1.54, 1.807) is 0 Å². The first-order valence-electron chi connectivity index (χ1n) is 7.40. The molecule has 1 heterocycles. The summed E-state index contributed by atoms with van der Waals surface area (Å²) < 4.78 is 0. The molecular weight excluding hydrogens is 250 g/mol. The number of aliphatic carboxylic acids is 1. The minimum atomic E-state index is -0.729. The molecule has 0 unspecified atom stereocenters.